The minimum Gasteiger partial charge on any atom is -0.497 e. The first-order chi connectivity index (χ1) is 15.9. The van der Waals surface area contributed by atoms with E-state index in [0.717, 1.165) is 44.7 Å². The summed E-state index contributed by atoms with van der Waals surface area (Å²) in [6.07, 6.45) is 1.92. The van der Waals surface area contributed by atoms with Crippen molar-refractivity contribution >= 4 is 27.3 Å². The second-order valence-electron chi connectivity index (χ2n) is 7.99. The van der Waals surface area contributed by atoms with Crippen LogP contribution < -0.4 is 19.7 Å². The average molecular weight is 475 g/mol. The molecule has 1 aliphatic rings. The van der Waals surface area contributed by atoms with Gasteiger partial charge >= 0.3 is 0 Å². The number of nitrogens with zero attached hydrogens (tertiary/aromatic N) is 2. The highest BCUT2D eigenvalue weighted by Crippen LogP contribution is 2.28. The number of carbonyl (C=O) groups is 1. The highest BCUT2D eigenvalue weighted by Gasteiger charge is 2.24. The van der Waals surface area contributed by atoms with Crippen molar-refractivity contribution in [2.45, 2.75) is 31.6 Å². The number of hydrogen-bond donors (Lipinski definition) is 2. The first-order valence-corrected chi connectivity index (χ1v) is 12.9. The van der Waals surface area contributed by atoms with Crippen LogP contribution in [0.5, 0.6) is 5.75 Å². The fraction of sp³-hybridized carbons (Fsp3) is 0.458. The minimum absolute atomic E-state index is 0.0816. The summed E-state index contributed by atoms with van der Waals surface area (Å²) in [7, 11) is -2.35. The van der Waals surface area contributed by atoms with E-state index in [4.69, 9.17) is 4.74 Å². The third-order valence-corrected chi connectivity index (χ3v) is 7.12. The zero-order valence-corrected chi connectivity index (χ0v) is 20.5. The quantitative estimate of drug-likeness (QED) is 0.550. The number of rotatable bonds is 10. The van der Waals surface area contributed by atoms with Crippen molar-refractivity contribution in [2.75, 3.05) is 56.0 Å². The summed E-state index contributed by atoms with van der Waals surface area (Å²) < 4.78 is 33.8. The summed E-state index contributed by atoms with van der Waals surface area (Å²) in [4.78, 5) is 17.6. The van der Waals surface area contributed by atoms with Gasteiger partial charge in [0.1, 0.15) is 5.75 Å². The maximum atomic E-state index is 13.5. The lowest BCUT2D eigenvalue weighted by Gasteiger charge is -2.32. The molecular weight excluding hydrogens is 440 g/mol. The van der Waals surface area contributed by atoms with Crippen LogP contribution in [0, 0.1) is 0 Å². The van der Waals surface area contributed by atoms with Crippen molar-refractivity contribution in [3.05, 3.63) is 48.0 Å². The van der Waals surface area contributed by atoms with Gasteiger partial charge in [-0.3, -0.25) is 9.52 Å². The Morgan fingerprint density at radius 2 is 1.91 bits per heavy atom. The van der Waals surface area contributed by atoms with E-state index in [1.807, 2.05) is 17.9 Å². The molecule has 8 nitrogen and oxygen atoms in total. The molecule has 0 aliphatic carbocycles. The number of methoxy groups -OCH3 is 1. The smallest absolute Gasteiger partial charge is 0.262 e. The van der Waals surface area contributed by atoms with Gasteiger partial charge in [0.2, 0.25) is 0 Å². The number of sulfonamides is 1. The lowest BCUT2D eigenvalue weighted by atomic mass is 10.1. The maximum absolute atomic E-state index is 13.5. The Morgan fingerprint density at radius 1 is 1.15 bits per heavy atom. The first kappa shape index (κ1) is 24.9. The summed E-state index contributed by atoms with van der Waals surface area (Å²) in [5.74, 6) is 0.374. The van der Waals surface area contributed by atoms with Crippen molar-refractivity contribution in [2.24, 2.45) is 0 Å². The minimum atomic E-state index is -3.84. The Hall–Kier alpha value is -2.78. The van der Waals surface area contributed by atoms with E-state index in [-0.39, 0.29) is 10.8 Å². The summed E-state index contributed by atoms with van der Waals surface area (Å²) in [6, 6.07) is 11.5. The molecule has 0 atom stereocenters. The fourth-order valence-electron chi connectivity index (χ4n) is 3.86. The summed E-state index contributed by atoms with van der Waals surface area (Å²) in [5.41, 5.74) is 1.70. The van der Waals surface area contributed by atoms with E-state index in [1.54, 1.807) is 24.3 Å². The standard InChI is InChI=1S/C24H34N4O4S/c1-4-6-14-27(5-2)24(29)22-17-19(10-11-23(22)28-15-12-25-13-16-28)26-33(30,31)21-9-7-8-20(18-21)32-3/h7-11,17-18,25-26H,4-6,12-16H2,1-3H3. The normalized spacial score (nSPS) is 14.1. The number of unbranched alkanes of at least 4 members (excludes halogenated alkanes) is 1. The van der Waals surface area contributed by atoms with Gasteiger partial charge < -0.3 is 19.9 Å². The van der Waals surface area contributed by atoms with Gasteiger partial charge in [-0.2, -0.15) is 0 Å². The third kappa shape index (κ3) is 6.17. The lowest BCUT2D eigenvalue weighted by molar-refractivity contribution is 0.0763. The summed E-state index contributed by atoms with van der Waals surface area (Å²) >= 11 is 0. The van der Waals surface area contributed by atoms with Crippen LogP contribution in [0.1, 0.15) is 37.0 Å². The van der Waals surface area contributed by atoms with Crippen LogP contribution in [0.4, 0.5) is 11.4 Å². The lowest BCUT2D eigenvalue weighted by Crippen LogP contribution is -2.44. The molecule has 3 rings (SSSR count). The number of nitrogens with one attached hydrogen (secondary N) is 2. The van der Waals surface area contributed by atoms with E-state index in [9.17, 15) is 13.2 Å². The molecule has 0 unspecified atom stereocenters. The van der Waals surface area contributed by atoms with Gasteiger partial charge in [0.25, 0.3) is 15.9 Å². The molecule has 1 amide bonds. The van der Waals surface area contributed by atoms with E-state index < -0.39 is 10.0 Å². The van der Waals surface area contributed by atoms with Crippen LogP contribution in [-0.4, -0.2) is 65.6 Å². The van der Waals surface area contributed by atoms with Gasteiger partial charge in [0.05, 0.1) is 17.6 Å². The molecular formula is C24H34N4O4S. The molecule has 2 aromatic rings. The van der Waals surface area contributed by atoms with E-state index in [2.05, 4.69) is 21.9 Å². The number of anilines is 2. The van der Waals surface area contributed by atoms with Gasteiger partial charge in [0.15, 0.2) is 0 Å². The van der Waals surface area contributed by atoms with Crippen molar-refractivity contribution in [3.8, 4) is 5.75 Å². The summed E-state index contributed by atoms with van der Waals surface area (Å²) in [6.45, 7) is 8.58. The van der Waals surface area contributed by atoms with Crippen LogP contribution in [0.2, 0.25) is 0 Å². The molecule has 1 fully saturated rings. The van der Waals surface area contributed by atoms with Crippen molar-refractivity contribution in [1.82, 2.24) is 10.2 Å². The Morgan fingerprint density at radius 3 is 2.58 bits per heavy atom. The van der Waals surface area contributed by atoms with Gasteiger partial charge in [0, 0.05) is 56.7 Å². The molecule has 0 aromatic heterocycles. The second-order valence-corrected chi connectivity index (χ2v) is 9.67. The Bertz CT molecular complexity index is 1050. The number of ether oxygens (including phenoxy) is 1. The molecule has 0 saturated carbocycles. The van der Waals surface area contributed by atoms with E-state index in [0.29, 0.717) is 30.1 Å². The molecule has 1 aliphatic heterocycles. The van der Waals surface area contributed by atoms with Crippen LogP contribution in [0.3, 0.4) is 0 Å². The number of piperazine rings is 1. The Kier molecular flexibility index (Phi) is 8.57. The zero-order valence-electron chi connectivity index (χ0n) is 19.6. The van der Waals surface area contributed by atoms with Crippen LogP contribution in [-0.2, 0) is 10.0 Å². The van der Waals surface area contributed by atoms with Gasteiger partial charge in [-0.25, -0.2) is 8.42 Å². The number of carbonyl (C=O) groups excluding carboxylic acids is 1. The Labute approximate surface area is 197 Å². The number of benzene rings is 2. The van der Waals surface area contributed by atoms with Gasteiger partial charge in [-0.1, -0.05) is 19.4 Å². The average Bonchev–Trinajstić information content (AvgIpc) is 2.84. The first-order valence-electron chi connectivity index (χ1n) is 11.5. The molecule has 0 spiro atoms. The molecule has 0 radical (unpaired) electrons. The van der Waals surface area contributed by atoms with Gasteiger partial charge in [-0.15, -0.1) is 0 Å². The van der Waals surface area contributed by atoms with Crippen LogP contribution in [0.15, 0.2) is 47.4 Å². The summed E-state index contributed by atoms with van der Waals surface area (Å²) in [5, 5.41) is 3.33. The molecule has 1 saturated heterocycles. The molecule has 180 valence electrons. The van der Waals surface area contributed by atoms with Crippen molar-refractivity contribution in [1.29, 1.82) is 0 Å². The zero-order chi connectivity index (χ0) is 23.8. The highest BCUT2D eigenvalue weighted by molar-refractivity contribution is 7.92. The third-order valence-electron chi connectivity index (χ3n) is 5.74. The molecule has 9 heteroatoms. The highest BCUT2D eigenvalue weighted by atomic mass is 32.2. The predicted octanol–water partition coefficient (Wildman–Crippen LogP) is 3.17. The SMILES string of the molecule is CCCCN(CC)C(=O)c1cc(NS(=O)(=O)c2cccc(OC)c2)ccc1N1CCNCC1. The van der Waals surface area contributed by atoms with Gasteiger partial charge in [-0.05, 0) is 43.7 Å². The molecule has 33 heavy (non-hydrogen) atoms. The monoisotopic (exact) mass is 474 g/mol. The topological polar surface area (TPSA) is 91.0 Å². The van der Waals surface area contributed by atoms with E-state index in [1.165, 1.54) is 19.2 Å². The molecule has 0 bridgehead atoms. The molecule has 2 aromatic carbocycles. The van der Waals surface area contributed by atoms with Crippen molar-refractivity contribution in [3.63, 3.8) is 0 Å². The maximum Gasteiger partial charge on any atom is 0.262 e. The predicted molar refractivity (Wildman–Crippen MR) is 132 cm³/mol. The number of amides is 1. The number of hydrogen-bond acceptors (Lipinski definition) is 6. The fourth-order valence-corrected chi connectivity index (χ4v) is 4.94. The largest absolute Gasteiger partial charge is 0.497 e. The van der Waals surface area contributed by atoms with Crippen LogP contribution >= 0.6 is 0 Å². The second kappa shape index (κ2) is 11.4. The van der Waals surface area contributed by atoms with E-state index >= 15 is 0 Å². The van der Waals surface area contributed by atoms with Crippen LogP contribution in [0.25, 0.3) is 0 Å². The Balaban J connectivity index is 1.96. The molecule has 1 heterocycles. The molecule has 2 N–H and O–H groups in total. The van der Waals surface area contributed by atoms with Crippen molar-refractivity contribution < 1.29 is 17.9 Å².